The van der Waals surface area contributed by atoms with Gasteiger partial charge in [-0.25, -0.2) is 13.2 Å². The van der Waals surface area contributed by atoms with Gasteiger partial charge in [-0.2, -0.15) is 0 Å². The van der Waals surface area contributed by atoms with Crippen molar-refractivity contribution in [3.8, 4) is 22.6 Å². The molecule has 192 valence electrons. The van der Waals surface area contributed by atoms with Crippen LogP contribution in [0.2, 0.25) is 0 Å². The maximum absolute atomic E-state index is 11.4. The Morgan fingerprint density at radius 2 is 1.67 bits per heavy atom. The van der Waals surface area contributed by atoms with E-state index < -0.39 is 22.1 Å². The molecule has 0 aliphatic rings. The van der Waals surface area contributed by atoms with Crippen molar-refractivity contribution < 1.29 is 33.3 Å². The summed E-state index contributed by atoms with van der Waals surface area (Å²) >= 11 is 0. The van der Waals surface area contributed by atoms with Crippen molar-refractivity contribution in [3.63, 3.8) is 0 Å². The van der Waals surface area contributed by atoms with E-state index in [-0.39, 0.29) is 23.5 Å². The SMILES string of the molecule is Cc1cc(OCCNCC(O)c2ccc(O)c(NS(C)(=O)=O)c2)cc(C)c1-c1ccc(C(=O)O)cc1. The van der Waals surface area contributed by atoms with Crippen LogP contribution in [-0.4, -0.2) is 55.7 Å². The second kappa shape index (κ2) is 11.4. The van der Waals surface area contributed by atoms with Crippen LogP contribution in [0.5, 0.6) is 11.5 Å². The molecule has 0 saturated carbocycles. The van der Waals surface area contributed by atoms with E-state index in [1.807, 2.05) is 26.0 Å². The third-order valence-corrected chi connectivity index (χ3v) is 6.10. The molecule has 1 atom stereocenters. The molecular formula is C26H30N2O7S. The number of benzene rings is 3. The van der Waals surface area contributed by atoms with Gasteiger partial charge in [0.25, 0.3) is 0 Å². The second-order valence-corrected chi connectivity index (χ2v) is 10.3. The van der Waals surface area contributed by atoms with E-state index in [0.29, 0.717) is 24.5 Å². The summed E-state index contributed by atoms with van der Waals surface area (Å²) in [7, 11) is -3.57. The first-order chi connectivity index (χ1) is 16.9. The van der Waals surface area contributed by atoms with Crippen LogP contribution < -0.4 is 14.8 Å². The Morgan fingerprint density at radius 3 is 2.25 bits per heavy atom. The molecule has 0 bridgehead atoms. The van der Waals surface area contributed by atoms with Crippen LogP contribution >= 0.6 is 0 Å². The molecule has 0 spiro atoms. The summed E-state index contributed by atoms with van der Waals surface area (Å²) < 4.78 is 30.9. The van der Waals surface area contributed by atoms with Gasteiger partial charge in [-0.3, -0.25) is 4.72 Å². The summed E-state index contributed by atoms with van der Waals surface area (Å²) in [6.45, 7) is 4.96. The highest BCUT2D eigenvalue weighted by Gasteiger charge is 2.13. The molecule has 10 heteroatoms. The molecule has 9 nitrogen and oxygen atoms in total. The zero-order valence-electron chi connectivity index (χ0n) is 20.3. The summed E-state index contributed by atoms with van der Waals surface area (Å²) in [6.07, 6.45) is 0.0635. The van der Waals surface area contributed by atoms with Gasteiger partial charge in [-0.15, -0.1) is 0 Å². The minimum absolute atomic E-state index is 0.00407. The normalized spacial score (nSPS) is 12.2. The molecule has 0 amide bonds. The number of aliphatic hydroxyl groups is 1. The Labute approximate surface area is 210 Å². The number of hydrogen-bond acceptors (Lipinski definition) is 7. The van der Waals surface area contributed by atoms with Crippen LogP contribution in [0.4, 0.5) is 5.69 Å². The standard InChI is InChI=1S/C26H30N2O7S/c1-16-12-21(13-17(2)25(16)18-4-6-19(7-5-18)26(31)32)35-11-10-27-15-24(30)20-8-9-23(29)22(14-20)28-36(3,33)34/h4-9,12-14,24,27-30H,10-11,15H2,1-3H3,(H,31,32). The van der Waals surface area contributed by atoms with Crippen molar-refractivity contribution in [2.45, 2.75) is 20.0 Å². The molecule has 1 unspecified atom stereocenters. The highest BCUT2D eigenvalue weighted by atomic mass is 32.2. The fourth-order valence-electron chi connectivity index (χ4n) is 3.88. The lowest BCUT2D eigenvalue weighted by atomic mass is 9.95. The van der Waals surface area contributed by atoms with Crippen LogP contribution in [0.15, 0.2) is 54.6 Å². The Balaban J connectivity index is 1.53. The summed E-state index contributed by atoms with van der Waals surface area (Å²) in [5.74, 6) is -0.489. The number of anilines is 1. The maximum atomic E-state index is 11.4. The van der Waals surface area contributed by atoms with Gasteiger partial charge in [0.2, 0.25) is 10.0 Å². The molecule has 3 aromatic rings. The number of rotatable bonds is 11. The third-order valence-electron chi connectivity index (χ3n) is 5.51. The lowest BCUT2D eigenvalue weighted by Crippen LogP contribution is -2.26. The molecule has 3 rings (SSSR count). The van der Waals surface area contributed by atoms with Gasteiger partial charge in [0.05, 0.1) is 23.6 Å². The molecule has 0 radical (unpaired) electrons. The van der Waals surface area contributed by atoms with E-state index in [1.165, 1.54) is 18.2 Å². The monoisotopic (exact) mass is 514 g/mol. The Hall–Kier alpha value is -3.60. The number of ether oxygens (including phenoxy) is 1. The largest absolute Gasteiger partial charge is 0.506 e. The molecule has 5 N–H and O–H groups in total. The Kier molecular flexibility index (Phi) is 8.57. The number of aryl methyl sites for hydroxylation is 2. The van der Waals surface area contributed by atoms with Gasteiger partial charge in [0.15, 0.2) is 0 Å². The van der Waals surface area contributed by atoms with Crippen molar-refractivity contribution in [1.82, 2.24) is 5.32 Å². The minimum atomic E-state index is -3.57. The van der Waals surface area contributed by atoms with Crippen LogP contribution in [0.1, 0.15) is 33.2 Å². The van der Waals surface area contributed by atoms with E-state index in [9.17, 15) is 23.4 Å². The molecule has 0 heterocycles. The average Bonchev–Trinajstić information content (AvgIpc) is 2.79. The summed E-state index contributed by atoms with van der Waals surface area (Å²) in [5, 5.41) is 32.4. The van der Waals surface area contributed by atoms with Crippen LogP contribution in [0, 0.1) is 13.8 Å². The van der Waals surface area contributed by atoms with Crippen molar-refractivity contribution in [3.05, 3.63) is 76.9 Å². The molecule has 0 aromatic heterocycles. The number of aromatic hydroxyl groups is 1. The van der Waals surface area contributed by atoms with Gasteiger partial charge < -0.3 is 25.4 Å². The first-order valence-electron chi connectivity index (χ1n) is 11.2. The molecule has 0 aliphatic heterocycles. The topological polar surface area (TPSA) is 145 Å². The first-order valence-corrected chi connectivity index (χ1v) is 13.1. The number of phenolic OH excluding ortho intramolecular Hbond substituents is 1. The molecule has 3 aromatic carbocycles. The van der Waals surface area contributed by atoms with Gasteiger partial charge in [-0.1, -0.05) is 18.2 Å². The summed E-state index contributed by atoms with van der Waals surface area (Å²) in [5.41, 5.74) is 4.66. The van der Waals surface area contributed by atoms with Gasteiger partial charge in [-0.05, 0) is 78.1 Å². The smallest absolute Gasteiger partial charge is 0.335 e. The van der Waals surface area contributed by atoms with E-state index in [2.05, 4.69) is 10.0 Å². The average molecular weight is 515 g/mol. The van der Waals surface area contributed by atoms with Gasteiger partial charge in [0.1, 0.15) is 18.1 Å². The summed E-state index contributed by atoms with van der Waals surface area (Å²) in [4.78, 5) is 11.1. The molecule has 36 heavy (non-hydrogen) atoms. The number of carboxylic acid groups (broad SMARTS) is 1. The second-order valence-electron chi connectivity index (χ2n) is 8.53. The Bertz CT molecular complexity index is 1320. The maximum Gasteiger partial charge on any atom is 0.335 e. The number of sulfonamides is 1. The van der Waals surface area contributed by atoms with Gasteiger partial charge >= 0.3 is 5.97 Å². The minimum Gasteiger partial charge on any atom is -0.506 e. The fraction of sp³-hybridized carbons (Fsp3) is 0.269. The van der Waals surface area contributed by atoms with Crippen LogP contribution in [0.3, 0.4) is 0 Å². The fourth-order valence-corrected chi connectivity index (χ4v) is 4.44. The number of hydrogen-bond donors (Lipinski definition) is 5. The van der Waals surface area contributed by atoms with Crippen LogP contribution in [-0.2, 0) is 10.0 Å². The predicted octanol–water partition coefficient (Wildman–Crippen LogP) is 3.45. The zero-order valence-corrected chi connectivity index (χ0v) is 21.1. The number of carboxylic acids is 1. The van der Waals surface area contributed by atoms with Crippen molar-refractivity contribution >= 4 is 21.7 Å². The lowest BCUT2D eigenvalue weighted by Gasteiger charge is -2.16. The number of aliphatic hydroxyl groups excluding tert-OH is 1. The van der Waals surface area contributed by atoms with Crippen LogP contribution in [0.25, 0.3) is 11.1 Å². The third kappa shape index (κ3) is 7.20. The van der Waals surface area contributed by atoms with Crippen molar-refractivity contribution in [2.24, 2.45) is 0 Å². The predicted molar refractivity (Wildman–Crippen MR) is 138 cm³/mol. The van der Waals surface area contributed by atoms with Crippen molar-refractivity contribution in [1.29, 1.82) is 0 Å². The number of aromatic carboxylic acids is 1. The van der Waals surface area contributed by atoms with Crippen molar-refractivity contribution in [2.75, 3.05) is 30.7 Å². The van der Waals surface area contributed by atoms with Gasteiger partial charge in [0, 0.05) is 13.1 Å². The molecule has 0 saturated heterocycles. The molecule has 0 fully saturated rings. The lowest BCUT2D eigenvalue weighted by molar-refractivity contribution is 0.0697. The number of nitrogens with one attached hydrogen (secondary N) is 2. The number of carbonyl (C=O) groups is 1. The zero-order chi connectivity index (χ0) is 26.5. The van der Waals surface area contributed by atoms with E-state index >= 15 is 0 Å². The van der Waals surface area contributed by atoms with E-state index in [1.54, 1.807) is 24.3 Å². The Morgan fingerprint density at radius 1 is 1.03 bits per heavy atom. The highest BCUT2D eigenvalue weighted by Crippen LogP contribution is 2.31. The van der Waals surface area contributed by atoms with E-state index in [0.717, 1.165) is 28.5 Å². The molecule has 0 aliphatic carbocycles. The number of phenols is 1. The summed E-state index contributed by atoms with van der Waals surface area (Å²) in [6, 6.07) is 14.8. The van der Waals surface area contributed by atoms with E-state index in [4.69, 9.17) is 9.84 Å². The quantitative estimate of drug-likeness (QED) is 0.193. The first kappa shape index (κ1) is 27.0. The molecular weight excluding hydrogens is 484 g/mol. The highest BCUT2D eigenvalue weighted by molar-refractivity contribution is 7.92.